The van der Waals surface area contributed by atoms with E-state index in [0.29, 0.717) is 5.56 Å². The average Bonchev–Trinajstić information content (AvgIpc) is 2.70. The highest BCUT2D eigenvalue weighted by Gasteiger charge is 2.17. The molecule has 0 saturated carbocycles. The number of aryl methyl sites for hydroxylation is 2. The van der Waals surface area contributed by atoms with Gasteiger partial charge in [0, 0.05) is 22.2 Å². The fourth-order valence-corrected chi connectivity index (χ4v) is 3.14. The molecule has 0 aliphatic rings. The lowest BCUT2D eigenvalue weighted by atomic mass is 10.1. The van der Waals surface area contributed by atoms with Crippen LogP contribution in [0, 0.1) is 30.9 Å². The molecule has 1 unspecified atom stereocenters. The van der Waals surface area contributed by atoms with Crippen molar-refractivity contribution in [3.05, 3.63) is 49.5 Å². The van der Waals surface area contributed by atoms with Crippen molar-refractivity contribution >= 4 is 22.7 Å². The maximum atomic E-state index is 11.0. The van der Waals surface area contributed by atoms with Crippen molar-refractivity contribution < 1.29 is 4.92 Å². The van der Waals surface area contributed by atoms with Gasteiger partial charge in [0.1, 0.15) is 0 Å². The Kier molecular flexibility index (Phi) is 4.04. The van der Waals surface area contributed by atoms with Gasteiger partial charge < -0.3 is 5.32 Å². The number of nitrogens with zero attached hydrogens (tertiary/aromatic N) is 2. The van der Waals surface area contributed by atoms with Crippen molar-refractivity contribution in [1.29, 1.82) is 0 Å². The van der Waals surface area contributed by atoms with E-state index in [1.54, 1.807) is 24.3 Å². The molecule has 1 aromatic carbocycles. The van der Waals surface area contributed by atoms with E-state index in [-0.39, 0.29) is 16.7 Å². The standard InChI is InChI=1S/C14H17N3O2S/c1-8-12(6-5-7-13(8)17(18)19)15-9(2)14-10(3)20-11(4)16-14/h5-7,9,15H,1-4H3. The normalized spacial score (nSPS) is 12.2. The molecule has 0 aliphatic carbocycles. The molecule has 5 nitrogen and oxygen atoms in total. The van der Waals surface area contributed by atoms with Crippen LogP contribution < -0.4 is 5.32 Å². The summed E-state index contributed by atoms with van der Waals surface area (Å²) in [7, 11) is 0. The number of benzene rings is 1. The third-order valence-electron chi connectivity index (χ3n) is 3.22. The van der Waals surface area contributed by atoms with Gasteiger partial charge in [0.2, 0.25) is 0 Å². The Hall–Kier alpha value is -1.95. The van der Waals surface area contributed by atoms with Crippen LogP contribution in [0.1, 0.15) is 34.1 Å². The lowest BCUT2D eigenvalue weighted by Gasteiger charge is -2.16. The second kappa shape index (κ2) is 5.58. The topological polar surface area (TPSA) is 68.1 Å². The quantitative estimate of drug-likeness (QED) is 0.678. The van der Waals surface area contributed by atoms with E-state index in [9.17, 15) is 10.1 Å². The van der Waals surface area contributed by atoms with Crippen LogP contribution in [0.3, 0.4) is 0 Å². The van der Waals surface area contributed by atoms with E-state index in [1.807, 2.05) is 26.8 Å². The number of anilines is 1. The van der Waals surface area contributed by atoms with E-state index < -0.39 is 0 Å². The predicted octanol–water partition coefficient (Wildman–Crippen LogP) is 4.15. The fraction of sp³-hybridized carbons (Fsp3) is 0.357. The largest absolute Gasteiger partial charge is 0.376 e. The zero-order valence-corrected chi connectivity index (χ0v) is 12.7. The summed E-state index contributed by atoms with van der Waals surface area (Å²) in [5.74, 6) is 0. The van der Waals surface area contributed by atoms with Crippen molar-refractivity contribution in [2.75, 3.05) is 5.32 Å². The van der Waals surface area contributed by atoms with Gasteiger partial charge in [0.25, 0.3) is 5.69 Å². The number of hydrogen-bond donors (Lipinski definition) is 1. The SMILES string of the molecule is Cc1nc(C(C)Nc2cccc([N+](=O)[O-])c2C)c(C)s1. The molecule has 0 aliphatic heterocycles. The van der Waals surface area contributed by atoms with Gasteiger partial charge in [0.05, 0.1) is 21.7 Å². The van der Waals surface area contributed by atoms with Gasteiger partial charge in [-0.15, -0.1) is 11.3 Å². The Bertz CT molecular complexity index is 652. The molecular formula is C14H17N3O2S. The lowest BCUT2D eigenvalue weighted by Crippen LogP contribution is -2.10. The smallest absolute Gasteiger partial charge is 0.274 e. The molecule has 0 bridgehead atoms. The molecule has 1 aromatic heterocycles. The highest BCUT2D eigenvalue weighted by atomic mass is 32.1. The Labute approximate surface area is 121 Å². The number of nitro benzene ring substituents is 1. The van der Waals surface area contributed by atoms with Crippen molar-refractivity contribution in [2.24, 2.45) is 0 Å². The Morgan fingerprint density at radius 2 is 2.05 bits per heavy atom. The number of hydrogen-bond acceptors (Lipinski definition) is 5. The summed E-state index contributed by atoms with van der Waals surface area (Å²) in [5.41, 5.74) is 2.55. The molecule has 6 heteroatoms. The van der Waals surface area contributed by atoms with Gasteiger partial charge in [0.15, 0.2) is 0 Å². The number of nitrogens with one attached hydrogen (secondary N) is 1. The van der Waals surface area contributed by atoms with Crippen molar-refractivity contribution in [2.45, 2.75) is 33.7 Å². The molecule has 1 heterocycles. The third kappa shape index (κ3) is 2.80. The summed E-state index contributed by atoms with van der Waals surface area (Å²) < 4.78 is 0. The van der Waals surface area contributed by atoms with Crippen molar-refractivity contribution in [1.82, 2.24) is 4.98 Å². The van der Waals surface area contributed by atoms with Crippen LogP contribution in [-0.2, 0) is 0 Å². The molecule has 1 atom stereocenters. The minimum Gasteiger partial charge on any atom is -0.376 e. The van der Waals surface area contributed by atoms with Crippen LogP contribution in [0.5, 0.6) is 0 Å². The van der Waals surface area contributed by atoms with Gasteiger partial charge in [-0.3, -0.25) is 10.1 Å². The fourth-order valence-electron chi connectivity index (χ4n) is 2.23. The summed E-state index contributed by atoms with van der Waals surface area (Å²) >= 11 is 1.66. The summed E-state index contributed by atoms with van der Waals surface area (Å²) in [5, 5.41) is 15.3. The average molecular weight is 291 g/mol. The molecule has 1 N–H and O–H groups in total. The van der Waals surface area contributed by atoms with E-state index >= 15 is 0 Å². The summed E-state index contributed by atoms with van der Waals surface area (Å²) in [6.45, 7) is 7.79. The first-order valence-corrected chi connectivity index (χ1v) is 7.16. The zero-order chi connectivity index (χ0) is 14.9. The van der Waals surface area contributed by atoms with Gasteiger partial charge >= 0.3 is 0 Å². The van der Waals surface area contributed by atoms with Crippen LogP contribution >= 0.6 is 11.3 Å². The molecule has 0 saturated heterocycles. The number of nitro groups is 1. The molecule has 0 radical (unpaired) electrons. The van der Waals surface area contributed by atoms with Crippen LogP contribution in [0.15, 0.2) is 18.2 Å². The number of thiazole rings is 1. The zero-order valence-electron chi connectivity index (χ0n) is 11.9. The van der Waals surface area contributed by atoms with Crippen molar-refractivity contribution in [3.8, 4) is 0 Å². The van der Waals surface area contributed by atoms with Gasteiger partial charge in [-0.1, -0.05) is 6.07 Å². The summed E-state index contributed by atoms with van der Waals surface area (Å²) in [4.78, 5) is 16.3. The molecule has 0 spiro atoms. The molecule has 106 valence electrons. The van der Waals surface area contributed by atoms with Crippen LogP contribution in [0.2, 0.25) is 0 Å². The molecule has 2 rings (SSSR count). The minimum absolute atomic E-state index is 0.0145. The molecule has 0 fully saturated rings. The molecule has 2 aromatic rings. The molecular weight excluding hydrogens is 274 g/mol. The Balaban J connectivity index is 2.28. The molecule has 0 amide bonds. The highest BCUT2D eigenvalue weighted by molar-refractivity contribution is 7.11. The first kappa shape index (κ1) is 14.5. The van der Waals surface area contributed by atoms with Crippen molar-refractivity contribution in [3.63, 3.8) is 0 Å². The first-order valence-electron chi connectivity index (χ1n) is 6.34. The lowest BCUT2D eigenvalue weighted by molar-refractivity contribution is -0.385. The van der Waals surface area contributed by atoms with E-state index in [2.05, 4.69) is 10.3 Å². The maximum Gasteiger partial charge on any atom is 0.274 e. The summed E-state index contributed by atoms with van der Waals surface area (Å²) in [6.07, 6.45) is 0. The van der Waals surface area contributed by atoms with E-state index in [4.69, 9.17) is 0 Å². The third-order valence-corrected chi connectivity index (χ3v) is 4.13. The van der Waals surface area contributed by atoms with Gasteiger partial charge in [-0.05, 0) is 33.8 Å². The highest BCUT2D eigenvalue weighted by Crippen LogP contribution is 2.30. The maximum absolute atomic E-state index is 11.0. The minimum atomic E-state index is -0.358. The van der Waals surface area contributed by atoms with E-state index in [0.717, 1.165) is 16.4 Å². The second-order valence-corrected chi connectivity index (χ2v) is 6.15. The predicted molar refractivity (Wildman–Crippen MR) is 81.5 cm³/mol. The molecule has 20 heavy (non-hydrogen) atoms. The first-order chi connectivity index (χ1) is 9.40. The summed E-state index contributed by atoms with van der Waals surface area (Å²) in [6, 6.07) is 5.08. The Morgan fingerprint density at radius 1 is 1.35 bits per heavy atom. The second-order valence-electron chi connectivity index (χ2n) is 4.75. The Morgan fingerprint density at radius 3 is 2.60 bits per heavy atom. The number of rotatable bonds is 4. The number of aromatic nitrogens is 1. The van der Waals surface area contributed by atoms with Crippen LogP contribution in [0.25, 0.3) is 0 Å². The van der Waals surface area contributed by atoms with Crippen LogP contribution in [-0.4, -0.2) is 9.91 Å². The van der Waals surface area contributed by atoms with Gasteiger partial charge in [-0.2, -0.15) is 0 Å². The van der Waals surface area contributed by atoms with Crippen LogP contribution in [0.4, 0.5) is 11.4 Å². The van der Waals surface area contributed by atoms with Gasteiger partial charge in [-0.25, -0.2) is 4.98 Å². The van der Waals surface area contributed by atoms with E-state index in [1.165, 1.54) is 10.9 Å². The monoisotopic (exact) mass is 291 g/mol.